The molecule has 0 aromatic heterocycles. The smallest absolute Gasteiger partial charge is 0.238 e. The lowest BCUT2D eigenvalue weighted by Gasteiger charge is -2.09. The van der Waals surface area contributed by atoms with Crippen LogP contribution in [-0.4, -0.2) is 33.9 Å². The van der Waals surface area contributed by atoms with E-state index in [0.717, 1.165) is 0 Å². The second kappa shape index (κ2) is 5.03. The van der Waals surface area contributed by atoms with Crippen LogP contribution in [-0.2, 0) is 0 Å². The van der Waals surface area contributed by atoms with Crippen LogP contribution in [0.3, 0.4) is 0 Å². The molecular weight excluding hydrogens is 150 g/mol. The molecule has 0 rings (SSSR count). The van der Waals surface area contributed by atoms with E-state index in [0.29, 0.717) is 6.42 Å². The highest BCUT2D eigenvalue weighted by Gasteiger charge is 2.21. The zero-order chi connectivity index (χ0) is 8.85. The third kappa shape index (κ3) is 3.90. The van der Waals surface area contributed by atoms with Gasteiger partial charge in [0.25, 0.3) is 0 Å². The fraction of sp³-hybridized carbons (Fsp3) is 1.00. The number of hydrogen-bond donors (Lipinski definition) is 2. The van der Waals surface area contributed by atoms with E-state index in [4.69, 9.17) is 10.2 Å². The van der Waals surface area contributed by atoms with E-state index in [1.807, 2.05) is 0 Å². The van der Waals surface area contributed by atoms with Crippen LogP contribution >= 0.6 is 0 Å². The molecule has 0 heterocycles. The highest BCUT2D eigenvalue weighted by atomic mass is 16.6. The van der Waals surface area contributed by atoms with Gasteiger partial charge in [0.15, 0.2) is 0 Å². The van der Waals surface area contributed by atoms with E-state index in [1.54, 1.807) is 6.92 Å². The van der Waals surface area contributed by atoms with Crippen molar-refractivity contribution >= 4 is 0 Å². The summed E-state index contributed by atoms with van der Waals surface area (Å²) in [5, 5.41) is 27.6. The first-order valence-electron chi connectivity index (χ1n) is 3.54. The quantitative estimate of drug-likeness (QED) is 0.433. The van der Waals surface area contributed by atoms with Crippen LogP contribution in [0.4, 0.5) is 0 Å². The fourth-order valence-corrected chi connectivity index (χ4v) is 0.708. The maximum atomic E-state index is 10.1. The topological polar surface area (TPSA) is 83.6 Å². The van der Waals surface area contributed by atoms with E-state index in [9.17, 15) is 10.1 Å². The Morgan fingerprint density at radius 2 is 2.18 bits per heavy atom. The van der Waals surface area contributed by atoms with Crippen LogP contribution in [0.1, 0.15) is 19.8 Å². The van der Waals surface area contributed by atoms with Gasteiger partial charge in [0.1, 0.15) is 6.61 Å². The van der Waals surface area contributed by atoms with Crippen LogP contribution in [0.15, 0.2) is 0 Å². The lowest BCUT2D eigenvalue weighted by atomic mass is 10.1. The van der Waals surface area contributed by atoms with Gasteiger partial charge in [0, 0.05) is 11.3 Å². The molecule has 66 valence electrons. The number of rotatable bonds is 5. The van der Waals surface area contributed by atoms with Gasteiger partial charge in [0.2, 0.25) is 6.04 Å². The third-order valence-corrected chi connectivity index (χ3v) is 1.52. The van der Waals surface area contributed by atoms with Crippen molar-refractivity contribution in [1.82, 2.24) is 0 Å². The summed E-state index contributed by atoms with van der Waals surface area (Å²) >= 11 is 0. The van der Waals surface area contributed by atoms with Gasteiger partial charge in [-0.3, -0.25) is 10.1 Å². The summed E-state index contributed by atoms with van der Waals surface area (Å²) in [7, 11) is 0. The van der Waals surface area contributed by atoms with Gasteiger partial charge in [-0.15, -0.1) is 0 Å². The zero-order valence-electron chi connectivity index (χ0n) is 6.43. The van der Waals surface area contributed by atoms with Crippen molar-refractivity contribution < 1.29 is 15.1 Å². The number of nitro groups is 1. The molecule has 5 heteroatoms. The van der Waals surface area contributed by atoms with Crippen LogP contribution < -0.4 is 0 Å². The Kier molecular flexibility index (Phi) is 4.72. The van der Waals surface area contributed by atoms with Gasteiger partial charge >= 0.3 is 0 Å². The lowest BCUT2D eigenvalue weighted by molar-refractivity contribution is -0.528. The van der Waals surface area contributed by atoms with E-state index >= 15 is 0 Å². The summed E-state index contributed by atoms with van der Waals surface area (Å²) in [6, 6.07) is -1.02. The molecule has 0 saturated carbocycles. The molecule has 2 atom stereocenters. The van der Waals surface area contributed by atoms with Gasteiger partial charge < -0.3 is 10.2 Å². The van der Waals surface area contributed by atoms with Crippen molar-refractivity contribution in [1.29, 1.82) is 0 Å². The standard InChI is InChI=1S/C6H13NO4/c1-2-6(9)3-5(4-8)7(10)11/h5-6,8-9H,2-4H2,1H3. The Balaban J connectivity index is 3.77. The molecule has 0 aliphatic carbocycles. The maximum Gasteiger partial charge on any atom is 0.238 e. The molecule has 11 heavy (non-hydrogen) atoms. The average Bonchev–Trinajstić information content (AvgIpc) is 1.99. The van der Waals surface area contributed by atoms with Gasteiger partial charge in [-0.1, -0.05) is 6.92 Å². The Bertz CT molecular complexity index is 128. The van der Waals surface area contributed by atoms with Gasteiger partial charge in [0.05, 0.1) is 6.10 Å². The molecule has 0 fully saturated rings. The summed E-state index contributed by atoms with van der Waals surface area (Å²) in [6.45, 7) is 1.23. The monoisotopic (exact) mass is 163 g/mol. The summed E-state index contributed by atoms with van der Waals surface area (Å²) in [5.74, 6) is 0. The van der Waals surface area contributed by atoms with Crippen molar-refractivity contribution in [2.45, 2.75) is 31.9 Å². The SMILES string of the molecule is CCC(O)CC(CO)[N+](=O)[O-]. The van der Waals surface area contributed by atoms with Crippen molar-refractivity contribution in [2.24, 2.45) is 0 Å². The van der Waals surface area contributed by atoms with Crippen LogP contribution in [0.2, 0.25) is 0 Å². The number of hydrogen-bond acceptors (Lipinski definition) is 4. The Morgan fingerprint density at radius 3 is 2.45 bits per heavy atom. The first-order valence-corrected chi connectivity index (χ1v) is 3.54. The first-order chi connectivity index (χ1) is 5.11. The van der Waals surface area contributed by atoms with E-state index in [2.05, 4.69) is 0 Å². The molecule has 0 saturated heterocycles. The van der Waals surface area contributed by atoms with Crippen molar-refractivity contribution in [2.75, 3.05) is 6.61 Å². The number of nitrogens with zero attached hydrogens (tertiary/aromatic N) is 1. The molecule has 0 aromatic carbocycles. The van der Waals surface area contributed by atoms with E-state index in [1.165, 1.54) is 0 Å². The Hall–Kier alpha value is -0.680. The van der Waals surface area contributed by atoms with Gasteiger partial charge in [-0.2, -0.15) is 0 Å². The minimum atomic E-state index is -1.02. The fourth-order valence-electron chi connectivity index (χ4n) is 0.708. The summed E-state index contributed by atoms with van der Waals surface area (Å²) < 4.78 is 0. The Morgan fingerprint density at radius 1 is 1.64 bits per heavy atom. The normalized spacial score (nSPS) is 15.9. The molecule has 0 aliphatic heterocycles. The second-order valence-corrected chi connectivity index (χ2v) is 2.42. The third-order valence-electron chi connectivity index (χ3n) is 1.52. The molecule has 5 nitrogen and oxygen atoms in total. The highest BCUT2D eigenvalue weighted by molar-refractivity contribution is 4.61. The predicted octanol–water partition coefficient (Wildman–Crippen LogP) is -0.215. The second-order valence-electron chi connectivity index (χ2n) is 2.42. The minimum Gasteiger partial charge on any atom is -0.393 e. The Labute approximate surface area is 64.8 Å². The lowest BCUT2D eigenvalue weighted by Crippen LogP contribution is -2.28. The van der Waals surface area contributed by atoms with Gasteiger partial charge in [-0.05, 0) is 6.42 Å². The molecular formula is C6H13NO4. The number of aliphatic hydroxyl groups excluding tert-OH is 2. The molecule has 0 amide bonds. The van der Waals surface area contributed by atoms with Crippen LogP contribution in [0.25, 0.3) is 0 Å². The van der Waals surface area contributed by atoms with Crippen molar-refractivity contribution in [3.05, 3.63) is 10.1 Å². The van der Waals surface area contributed by atoms with E-state index < -0.39 is 23.7 Å². The predicted molar refractivity (Wildman–Crippen MR) is 38.8 cm³/mol. The molecule has 2 unspecified atom stereocenters. The number of aliphatic hydroxyl groups is 2. The molecule has 0 radical (unpaired) electrons. The molecule has 0 aromatic rings. The first kappa shape index (κ1) is 10.3. The van der Waals surface area contributed by atoms with Crippen molar-refractivity contribution in [3.63, 3.8) is 0 Å². The highest BCUT2D eigenvalue weighted by Crippen LogP contribution is 2.03. The van der Waals surface area contributed by atoms with Gasteiger partial charge in [-0.25, -0.2) is 0 Å². The maximum absolute atomic E-state index is 10.1. The van der Waals surface area contributed by atoms with Crippen LogP contribution in [0.5, 0.6) is 0 Å². The zero-order valence-corrected chi connectivity index (χ0v) is 6.43. The summed E-state index contributed by atoms with van der Waals surface area (Å²) in [6.07, 6.45) is -0.179. The summed E-state index contributed by atoms with van der Waals surface area (Å²) in [5.41, 5.74) is 0. The van der Waals surface area contributed by atoms with E-state index in [-0.39, 0.29) is 6.42 Å². The largest absolute Gasteiger partial charge is 0.393 e. The molecule has 0 aliphatic rings. The molecule has 0 bridgehead atoms. The van der Waals surface area contributed by atoms with Crippen LogP contribution in [0, 0.1) is 10.1 Å². The minimum absolute atomic E-state index is 0.0278. The average molecular weight is 163 g/mol. The molecule has 2 N–H and O–H groups in total. The van der Waals surface area contributed by atoms with Crippen molar-refractivity contribution in [3.8, 4) is 0 Å². The molecule has 0 spiro atoms. The summed E-state index contributed by atoms with van der Waals surface area (Å²) in [4.78, 5) is 9.55.